The summed E-state index contributed by atoms with van der Waals surface area (Å²) in [6.07, 6.45) is 4.04. The number of hydrogen-bond acceptors (Lipinski definition) is 5. The summed E-state index contributed by atoms with van der Waals surface area (Å²) in [6.45, 7) is 0.125. The zero-order valence-electron chi connectivity index (χ0n) is 15.9. The Morgan fingerprint density at radius 1 is 1.04 bits per heavy atom. The van der Waals surface area contributed by atoms with Crippen molar-refractivity contribution in [3.05, 3.63) is 35.9 Å². The van der Waals surface area contributed by atoms with Gasteiger partial charge in [-0.15, -0.1) is 0 Å². The van der Waals surface area contributed by atoms with Crippen LogP contribution in [-0.4, -0.2) is 48.3 Å². The number of esters is 1. The molecule has 0 aromatic heterocycles. The van der Waals surface area contributed by atoms with Crippen LogP contribution >= 0.6 is 0 Å². The Bertz CT molecular complexity index is 710. The van der Waals surface area contributed by atoms with Gasteiger partial charge in [0.15, 0.2) is 6.61 Å². The molecule has 1 heterocycles. The van der Waals surface area contributed by atoms with Gasteiger partial charge in [0.25, 0.3) is 5.91 Å². The van der Waals surface area contributed by atoms with E-state index in [-0.39, 0.29) is 49.1 Å². The van der Waals surface area contributed by atoms with Crippen LogP contribution in [-0.2, 0) is 30.3 Å². The molecule has 1 saturated heterocycles. The first kappa shape index (κ1) is 20.0. The van der Waals surface area contributed by atoms with E-state index in [0.29, 0.717) is 13.0 Å². The fourth-order valence-corrected chi connectivity index (χ4v) is 3.91. The average Bonchev–Trinajstić information content (AvgIpc) is 2.96. The molecule has 150 valence electrons. The SMILES string of the molecule is O=C(COC(=O)CCN1C(=O)[C@H]2CCCC[C@@H]2C1=O)NCCc1ccccc1. The molecule has 28 heavy (non-hydrogen) atoms. The van der Waals surface area contributed by atoms with E-state index in [1.807, 2.05) is 30.3 Å². The van der Waals surface area contributed by atoms with Crippen LogP contribution in [0, 0.1) is 11.8 Å². The number of rotatable bonds is 8. The van der Waals surface area contributed by atoms with Crippen molar-refractivity contribution >= 4 is 23.7 Å². The number of carbonyl (C=O) groups is 4. The van der Waals surface area contributed by atoms with Gasteiger partial charge in [0.2, 0.25) is 11.8 Å². The lowest BCUT2D eigenvalue weighted by atomic mass is 9.81. The number of carbonyl (C=O) groups excluding carboxylic acids is 4. The Labute approximate surface area is 164 Å². The van der Waals surface area contributed by atoms with Crippen molar-refractivity contribution in [2.45, 2.75) is 38.5 Å². The third kappa shape index (κ3) is 4.97. The average molecular weight is 386 g/mol. The monoisotopic (exact) mass is 386 g/mol. The van der Waals surface area contributed by atoms with Crippen molar-refractivity contribution in [2.24, 2.45) is 11.8 Å². The Hall–Kier alpha value is -2.70. The molecule has 7 nitrogen and oxygen atoms in total. The predicted octanol–water partition coefficient (Wildman–Crippen LogP) is 1.45. The van der Waals surface area contributed by atoms with Gasteiger partial charge < -0.3 is 10.1 Å². The summed E-state index contributed by atoms with van der Waals surface area (Å²) in [4.78, 5) is 49.5. The fourth-order valence-electron chi connectivity index (χ4n) is 3.91. The molecule has 3 rings (SSSR count). The van der Waals surface area contributed by atoms with Crippen LogP contribution in [0.15, 0.2) is 30.3 Å². The van der Waals surface area contributed by atoms with Crippen LogP contribution in [0.1, 0.15) is 37.7 Å². The van der Waals surface area contributed by atoms with Crippen LogP contribution in [0.5, 0.6) is 0 Å². The first-order chi connectivity index (χ1) is 13.6. The Balaban J connectivity index is 1.33. The number of ether oxygens (including phenoxy) is 1. The zero-order valence-corrected chi connectivity index (χ0v) is 15.9. The van der Waals surface area contributed by atoms with Gasteiger partial charge in [0.05, 0.1) is 18.3 Å². The van der Waals surface area contributed by atoms with Gasteiger partial charge in [0.1, 0.15) is 0 Å². The second-order valence-corrected chi connectivity index (χ2v) is 7.32. The molecule has 1 saturated carbocycles. The molecule has 0 unspecified atom stereocenters. The number of nitrogens with one attached hydrogen (secondary N) is 1. The van der Waals surface area contributed by atoms with E-state index in [9.17, 15) is 19.2 Å². The molecular weight excluding hydrogens is 360 g/mol. The first-order valence-corrected chi connectivity index (χ1v) is 9.87. The lowest BCUT2D eigenvalue weighted by molar-refractivity contribution is -0.149. The van der Waals surface area contributed by atoms with Crippen molar-refractivity contribution in [3.63, 3.8) is 0 Å². The van der Waals surface area contributed by atoms with E-state index in [1.54, 1.807) is 0 Å². The maximum Gasteiger partial charge on any atom is 0.308 e. The quantitative estimate of drug-likeness (QED) is 0.539. The normalized spacial score (nSPS) is 21.4. The van der Waals surface area contributed by atoms with Crippen molar-refractivity contribution in [1.82, 2.24) is 10.2 Å². The van der Waals surface area contributed by atoms with E-state index in [1.165, 1.54) is 4.90 Å². The number of nitrogens with zero attached hydrogens (tertiary/aromatic N) is 1. The predicted molar refractivity (Wildman–Crippen MR) is 101 cm³/mol. The summed E-state index contributed by atoms with van der Waals surface area (Å²) in [5.41, 5.74) is 1.11. The molecule has 3 amide bonds. The number of benzene rings is 1. The van der Waals surface area contributed by atoms with Crippen LogP contribution in [0.4, 0.5) is 0 Å². The number of imide groups is 1. The maximum absolute atomic E-state index is 12.4. The molecule has 0 radical (unpaired) electrons. The number of likely N-dealkylation sites (tertiary alicyclic amines) is 1. The van der Waals surface area contributed by atoms with E-state index in [4.69, 9.17) is 4.74 Å². The van der Waals surface area contributed by atoms with Gasteiger partial charge in [-0.05, 0) is 24.8 Å². The van der Waals surface area contributed by atoms with Gasteiger partial charge in [-0.3, -0.25) is 24.1 Å². The van der Waals surface area contributed by atoms with Crippen LogP contribution in [0.3, 0.4) is 0 Å². The molecule has 2 aliphatic rings. The summed E-state index contributed by atoms with van der Waals surface area (Å²) in [5.74, 6) is -1.72. The summed E-state index contributed by atoms with van der Waals surface area (Å²) in [7, 11) is 0. The highest BCUT2D eigenvalue weighted by Gasteiger charge is 2.47. The molecular formula is C21H26N2O5. The van der Waals surface area contributed by atoms with Gasteiger partial charge in [-0.25, -0.2) is 0 Å². The first-order valence-electron chi connectivity index (χ1n) is 9.87. The summed E-state index contributed by atoms with van der Waals surface area (Å²) in [6, 6.07) is 9.75. The van der Waals surface area contributed by atoms with Gasteiger partial charge in [0, 0.05) is 13.1 Å². The summed E-state index contributed by atoms with van der Waals surface area (Å²) in [5, 5.41) is 2.70. The van der Waals surface area contributed by atoms with Crippen LogP contribution < -0.4 is 5.32 Å². The number of hydrogen-bond donors (Lipinski definition) is 1. The third-order valence-corrected chi connectivity index (χ3v) is 5.41. The molecule has 1 aliphatic heterocycles. The van der Waals surface area contributed by atoms with Gasteiger partial charge >= 0.3 is 5.97 Å². The highest BCUT2D eigenvalue weighted by molar-refractivity contribution is 6.05. The minimum Gasteiger partial charge on any atom is -0.456 e. The largest absolute Gasteiger partial charge is 0.456 e. The third-order valence-electron chi connectivity index (χ3n) is 5.41. The fraction of sp³-hybridized carbons (Fsp3) is 0.524. The lowest BCUT2D eigenvalue weighted by Gasteiger charge is -2.19. The topological polar surface area (TPSA) is 92.8 Å². The minimum absolute atomic E-state index is 0.0269. The highest BCUT2D eigenvalue weighted by Crippen LogP contribution is 2.37. The van der Waals surface area contributed by atoms with E-state index in [0.717, 1.165) is 31.2 Å². The second-order valence-electron chi connectivity index (χ2n) is 7.32. The van der Waals surface area contributed by atoms with Crippen LogP contribution in [0.25, 0.3) is 0 Å². The molecule has 0 spiro atoms. The van der Waals surface area contributed by atoms with Crippen molar-refractivity contribution in [1.29, 1.82) is 0 Å². The summed E-state index contributed by atoms with van der Waals surface area (Å²) < 4.78 is 4.96. The zero-order chi connectivity index (χ0) is 19.9. The van der Waals surface area contributed by atoms with E-state index < -0.39 is 5.97 Å². The minimum atomic E-state index is -0.589. The molecule has 0 bridgehead atoms. The summed E-state index contributed by atoms with van der Waals surface area (Å²) >= 11 is 0. The smallest absolute Gasteiger partial charge is 0.308 e. The Morgan fingerprint density at radius 2 is 1.68 bits per heavy atom. The lowest BCUT2D eigenvalue weighted by Crippen LogP contribution is -2.34. The Morgan fingerprint density at radius 3 is 2.32 bits per heavy atom. The van der Waals surface area contributed by atoms with Crippen LogP contribution in [0.2, 0.25) is 0 Å². The van der Waals surface area contributed by atoms with E-state index >= 15 is 0 Å². The second kappa shape index (κ2) is 9.48. The highest BCUT2D eigenvalue weighted by atomic mass is 16.5. The van der Waals surface area contributed by atoms with Crippen molar-refractivity contribution in [2.75, 3.05) is 19.7 Å². The Kier molecular flexibility index (Phi) is 6.79. The molecule has 1 aliphatic carbocycles. The molecule has 1 aromatic rings. The van der Waals surface area contributed by atoms with Gasteiger partial charge in [-0.1, -0.05) is 43.2 Å². The van der Waals surface area contributed by atoms with E-state index in [2.05, 4.69) is 5.32 Å². The molecule has 1 N–H and O–H groups in total. The molecule has 7 heteroatoms. The standard InChI is InChI=1S/C21H26N2O5/c24-18(22-12-10-15-6-2-1-3-7-15)14-28-19(25)11-13-23-20(26)16-8-4-5-9-17(16)21(23)27/h1-3,6-7,16-17H,4-5,8-14H2,(H,22,24)/t16-,17-/m0/s1. The molecule has 2 atom stereocenters. The molecule has 2 fully saturated rings. The van der Waals surface area contributed by atoms with Gasteiger partial charge in [-0.2, -0.15) is 0 Å². The number of fused-ring (bicyclic) bond motifs is 1. The van der Waals surface area contributed by atoms with Crippen molar-refractivity contribution < 1.29 is 23.9 Å². The number of amides is 3. The molecule has 1 aromatic carbocycles. The van der Waals surface area contributed by atoms with Crippen molar-refractivity contribution in [3.8, 4) is 0 Å². The maximum atomic E-state index is 12.4.